The van der Waals surface area contributed by atoms with Crippen LogP contribution in [0.3, 0.4) is 0 Å². The lowest BCUT2D eigenvalue weighted by molar-refractivity contribution is -0.105. The average Bonchev–Trinajstić information content (AvgIpc) is 2.18. The third kappa shape index (κ3) is 1.71. The Kier molecular flexibility index (Phi) is 2.30. The first-order valence-corrected chi connectivity index (χ1v) is 4.97. The summed E-state index contributed by atoms with van der Waals surface area (Å²) in [4.78, 5) is 21.7. The van der Waals surface area contributed by atoms with Crippen molar-refractivity contribution in [3.63, 3.8) is 0 Å². The van der Waals surface area contributed by atoms with Gasteiger partial charge >= 0.3 is 6.03 Å². The molecule has 0 unspecified atom stereocenters. The van der Waals surface area contributed by atoms with Crippen molar-refractivity contribution in [3.05, 3.63) is 23.8 Å². The van der Waals surface area contributed by atoms with Gasteiger partial charge in [0, 0.05) is 16.9 Å². The van der Waals surface area contributed by atoms with Crippen LogP contribution in [0.1, 0.15) is 19.4 Å². The molecule has 1 aromatic carbocycles. The van der Waals surface area contributed by atoms with E-state index in [9.17, 15) is 9.59 Å². The van der Waals surface area contributed by atoms with Gasteiger partial charge in [-0.3, -0.25) is 4.79 Å². The van der Waals surface area contributed by atoms with Gasteiger partial charge < -0.3 is 16.0 Å². The number of hydrogen-bond acceptors (Lipinski definition) is 2. The number of carbonyl (C=O) groups is 2. The molecule has 16 heavy (non-hydrogen) atoms. The Hall–Kier alpha value is -2.04. The molecule has 0 radical (unpaired) electrons. The van der Waals surface area contributed by atoms with Crippen molar-refractivity contribution in [1.82, 2.24) is 5.32 Å². The zero-order valence-corrected chi connectivity index (χ0v) is 9.13. The fourth-order valence-electron chi connectivity index (χ4n) is 1.83. The summed E-state index contributed by atoms with van der Waals surface area (Å²) in [6, 6.07) is 5.15. The predicted octanol–water partition coefficient (Wildman–Crippen LogP) is 1.63. The molecule has 0 fully saturated rings. The first-order chi connectivity index (χ1) is 7.53. The van der Waals surface area contributed by atoms with E-state index in [1.807, 2.05) is 19.9 Å². The van der Waals surface area contributed by atoms with Crippen molar-refractivity contribution < 1.29 is 9.59 Å². The van der Waals surface area contributed by atoms with Crippen LogP contribution in [-0.4, -0.2) is 12.4 Å². The van der Waals surface area contributed by atoms with E-state index >= 15 is 0 Å². The van der Waals surface area contributed by atoms with Crippen LogP contribution in [0.25, 0.3) is 0 Å². The molecule has 1 aliphatic rings. The van der Waals surface area contributed by atoms with Crippen LogP contribution in [-0.2, 0) is 10.3 Å². The summed E-state index contributed by atoms with van der Waals surface area (Å²) < 4.78 is 0. The SMILES string of the molecule is CC1(C)NC(=O)Nc2ccc(NC=O)cc21. The second kappa shape index (κ2) is 3.52. The van der Waals surface area contributed by atoms with Crippen LogP contribution >= 0.6 is 0 Å². The maximum atomic E-state index is 11.4. The van der Waals surface area contributed by atoms with Gasteiger partial charge in [0.25, 0.3) is 0 Å². The lowest BCUT2D eigenvalue weighted by Crippen LogP contribution is -2.47. The maximum absolute atomic E-state index is 11.4. The first-order valence-electron chi connectivity index (χ1n) is 4.97. The molecule has 0 bridgehead atoms. The summed E-state index contributed by atoms with van der Waals surface area (Å²) in [5, 5.41) is 8.12. The number of amides is 3. The number of benzene rings is 1. The van der Waals surface area contributed by atoms with Gasteiger partial charge in [-0.2, -0.15) is 0 Å². The summed E-state index contributed by atoms with van der Waals surface area (Å²) >= 11 is 0. The van der Waals surface area contributed by atoms with Gasteiger partial charge in [-0.05, 0) is 32.0 Å². The number of nitrogens with one attached hydrogen (secondary N) is 3. The van der Waals surface area contributed by atoms with E-state index in [1.54, 1.807) is 12.1 Å². The minimum Gasteiger partial charge on any atom is -0.329 e. The van der Waals surface area contributed by atoms with Crippen LogP contribution in [0.2, 0.25) is 0 Å². The average molecular weight is 219 g/mol. The lowest BCUT2D eigenvalue weighted by atomic mass is 9.90. The summed E-state index contributed by atoms with van der Waals surface area (Å²) in [6.45, 7) is 3.82. The highest BCUT2D eigenvalue weighted by molar-refractivity contribution is 5.94. The molecule has 5 heteroatoms. The molecule has 0 saturated carbocycles. The minimum atomic E-state index is -0.446. The highest BCUT2D eigenvalue weighted by Crippen LogP contribution is 2.33. The van der Waals surface area contributed by atoms with Crippen molar-refractivity contribution >= 4 is 23.8 Å². The molecule has 0 atom stereocenters. The van der Waals surface area contributed by atoms with Crippen molar-refractivity contribution in [2.24, 2.45) is 0 Å². The molecule has 84 valence electrons. The van der Waals surface area contributed by atoms with Gasteiger partial charge in [0.05, 0.1) is 5.54 Å². The monoisotopic (exact) mass is 219 g/mol. The van der Waals surface area contributed by atoms with Gasteiger partial charge in [-0.25, -0.2) is 4.79 Å². The largest absolute Gasteiger partial charge is 0.329 e. The maximum Gasteiger partial charge on any atom is 0.319 e. The topological polar surface area (TPSA) is 70.2 Å². The Bertz CT molecular complexity index is 455. The zero-order chi connectivity index (χ0) is 11.8. The third-order valence-corrected chi connectivity index (χ3v) is 2.59. The number of fused-ring (bicyclic) bond motifs is 1. The molecule has 1 heterocycles. The second-order valence-electron chi connectivity index (χ2n) is 4.23. The fourth-order valence-corrected chi connectivity index (χ4v) is 1.83. The zero-order valence-electron chi connectivity index (χ0n) is 9.13. The van der Waals surface area contributed by atoms with E-state index in [2.05, 4.69) is 16.0 Å². The van der Waals surface area contributed by atoms with Crippen LogP contribution < -0.4 is 16.0 Å². The third-order valence-electron chi connectivity index (χ3n) is 2.59. The number of anilines is 2. The van der Waals surface area contributed by atoms with E-state index < -0.39 is 5.54 Å². The first kappa shape index (κ1) is 10.5. The van der Waals surface area contributed by atoms with E-state index in [-0.39, 0.29) is 6.03 Å². The van der Waals surface area contributed by atoms with Gasteiger partial charge in [0.15, 0.2) is 0 Å². The quantitative estimate of drug-likeness (QED) is 0.661. The summed E-state index contributed by atoms with van der Waals surface area (Å²) in [5.41, 5.74) is 1.97. The van der Waals surface area contributed by atoms with E-state index in [4.69, 9.17) is 0 Å². The molecule has 3 amide bonds. The number of rotatable bonds is 2. The highest BCUT2D eigenvalue weighted by atomic mass is 16.2. The van der Waals surface area contributed by atoms with Crippen molar-refractivity contribution in [2.75, 3.05) is 10.6 Å². The van der Waals surface area contributed by atoms with E-state index in [0.717, 1.165) is 11.3 Å². The Morgan fingerprint density at radius 3 is 2.81 bits per heavy atom. The molecule has 0 saturated heterocycles. The molecular formula is C11H13N3O2. The van der Waals surface area contributed by atoms with Gasteiger partial charge in [-0.1, -0.05) is 0 Å². The molecule has 0 aliphatic carbocycles. The Morgan fingerprint density at radius 1 is 1.38 bits per heavy atom. The van der Waals surface area contributed by atoms with Crippen molar-refractivity contribution in [1.29, 1.82) is 0 Å². The normalized spacial score (nSPS) is 16.8. The smallest absolute Gasteiger partial charge is 0.319 e. The number of urea groups is 1. The molecule has 1 aromatic rings. The van der Waals surface area contributed by atoms with Crippen molar-refractivity contribution in [3.8, 4) is 0 Å². The number of carbonyl (C=O) groups excluding carboxylic acids is 2. The van der Waals surface area contributed by atoms with Crippen LogP contribution in [0.5, 0.6) is 0 Å². The highest BCUT2D eigenvalue weighted by Gasteiger charge is 2.30. The molecule has 3 N–H and O–H groups in total. The fraction of sp³-hybridized carbons (Fsp3) is 0.273. The van der Waals surface area contributed by atoms with Crippen molar-refractivity contribution in [2.45, 2.75) is 19.4 Å². The minimum absolute atomic E-state index is 0.214. The summed E-state index contributed by atoms with van der Waals surface area (Å²) in [7, 11) is 0. The van der Waals surface area contributed by atoms with Gasteiger partial charge in [-0.15, -0.1) is 0 Å². The molecule has 2 rings (SSSR count). The van der Waals surface area contributed by atoms with Crippen LogP contribution in [0, 0.1) is 0 Å². The molecule has 5 nitrogen and oxygen atoms in total. The van der Waals surface area contributed by atoms with E-state index in [0.29, 0.717) is 12.1 Å². The lowest BCUT2D eigenvalue weighted by Gasteiger charge is -2.34. The van der Waals surface area contributed by atoms with Gasteiger partial charge in [0.2, 0.25) is 6.41 Å². The Balaban J connectivity index is 2.48. The molecule has 0 spiro atoms. The second-order valence-corrected chi connectivity index (χ2v) is 4.23. The van der Waals surface area contributed by atoms with Gasteiger partial charge in [0.1, 0.15) is 0 Å². The van der Waals surface area contributed by atoms with Crippen LogP contribution in [0.4, 0.5) is 16.2 Å². The standard InChI is InChI=1S/C11H13N3O2/c1-11(2)8-5-7(12-6-15)3-4-9(8)13-10(16)14-11/h3-6H,1-2H3,(H,12,15)(H2,13,14,16). The molecular weight excluding hydrogens is 206 g/mol. The molecule has 0 aromatic heterocycles. The predicted molar refractivity (Wildman–Crippen MR) is 61.3 cm³/mol. The Labute approximate surface area is 93.2 Å². The van der Waals surface area contributed by atoms with E-state index in [1.165, 1.54) is 0 Å². The number of hydrogen-bond donors (Lipinski definition) is 3. The summed E-state index contributed by atoms with van der Waals surface area (Å²) in [5.74, 6) is 0. The summed E-state index contributed by atoms with van der Waals surface area (Å²) in [6.07, 6.45) is 0.629. The Morgan fingerprint density at radius 2 is 2.12 bits per heavy atom. The van der Waals surface area contributed by atoms with Crippen LogP contribution in [0.15, 0.2) is 18.2 Å². The molecule has 1 aliphatic heterocycles.